The van der Waals surface area contributed by atoms with Crippen LogP contribution in [0.25, 0.3) is 0 Å². The second-order valence-corrected chi connectivity index (χ2v) is 5.22. The number of nitrogen functional groups attached to an aromatic ring is 1. The fourth-order valence-electron chi connectivity index (χ4n) is 1.59. The molecule has 0 aliphatic carbocycles. The fourth-order valence-corrected chi connectivity index (χ4v) is 2.34. The van der Waals surface area contributed by atoms with Crippen molar-refractivity contribution in [3.05, 3.63) is 48.3 Å². The van der Waals surface area contributed by atoms with Gasteiger partial charge in [0.15, 0.2) is 0 Å². The van der Waals surface area contributed by atoms with Crippen LogP contribution in [0.4, 0.5) is 10.1 Å². The van der Waals surface area contributed by atoms with Crippen molar-refractivity contribution in [2.45, 2.75) is 4.90 Å². The minimum absolute atomic E-state index is 0.170. The number of benzene rings is 2. The largest absolute Gasteiger partial charge is 0.497 e. The highest BCUT2D eigenvalue weighted by molar-refractivity contribution is 7.99. The van der Waals surface area contributed by atoms with Gasteiger partial charge in [-0.2, -0.15) is 0 Å². The Labute approximate surface area is 121 Å². The van der Waals surface area contributed by atoms with Crippen LogP contribution < -0.4 is 15.2 Å². The quantitative estimate of drug-likeness (QED) is 0.502. The first-order valence-electron chi connectivity index (χ1n) is 6.14. The van der Waals surface area contributed by atoms with E-state index in [2.05, 4.69) is 0 Å². The lowest BCUT2D eigenvalue weighted by Gasteiger charge is -2.07. The van der Waals surface area contributed by atoms with Crippen LogP contribution in [-0.2, 0) is 0 Å². The van der Waals surface area contributed by atoms with E-state index >= 15 is 0 Å². The summed E-state index contributed by atoms with van der Waals surface area (Å²) in [7, 11) is 1.62. The summed E-state index contributed by atoms with van der Waals surface area (Å²) in [6, 6.07) is 12.2. The van der Waals surface area contributed by atoms with Gasteiger partial charge in [-0.05, 0) is 42.5 Å². The molecule has 2 rings (SSSR count). The van der Waals surface area contributed by atoms with Crippen molar-refractivity contribution in [1.29, 1.82) is 0 Å². The Morgan fingerprint density at radius 2 is 1.80 bits per heavy atom. The monoisotopic (exact) mass is 293 g/mol. The van der Waals surface area contributed by atoms with Crippen molar-refractivity contribution in [1.82, 2.24) is 0 Å². The highest BCUT2D eigenvalue weighted by atomic mass is 32.2. The number of rotatable bonds is 6. The summed E-state index contributed by atoms with van der Waals surface area (Å²) < 4.78 is 23.9. The van der Waals surface area contributed by atoms with Crippen molar-refractivity contribution in [3.63, 3.8) is 0 Å². The molecule has 0 fully saturated rings. The molecule has 0 atom stereocenters. The van der Waals surface area contributed by atoms with Crippen molar-refractivity contribution < 1.29 is 13.9 Å². The Hall–Kier alpha value is -1.88. The molecule has 3 nitrogen and oxygen atoms in total. The first-order chi connectivity index (χ1) is 9.69. The van der Waals surface area contributed by atoms with Gasteiger partial charge in [-0.25, -0.2) is 4.39 Å². The minimum atomic E-state index is -0.383. The normalized spacial score (nSPS) is 10.3. The van der Waals surface area contributed by atoms with E-state index in [-0.39, 0.29) is 11.5 Å². The van der Waals surface area contributed by atoms with Gasteiger partial charge in [-0.15, -0.1) is 11.8 Å². The van der Waals surface area contributed by atoms with E-state index in [1.165, 1.54) is 17.8 Å². The number of methoxy groups -OCH3 is 1. The first kappa shape index (κ1) is 14.5. The molecule has 0 spiro atoms. The van der Waals surface area contributed by atoms with E-state index in [1.807, 2.05) is 24.3 Å². The highest BCUT2D eigenvalue weighted by Gasteiger charge is 2.01. The van der Waals surface area contributed by atoms with E-state index < -0.39 is 0 Å². The number of halogens is 1. The number of thioether (sulfide) groups is 1. The van der Waals surface area contributed by atoms with Gasteiger partial charge in [-0.1, -0.05) is 0 Å². The third-order valence-corrected chi connectivity index (χ3v) is 3.61. The summed E-state index contributed by atoms with van der Waals surface area (Å²) in [5.41, 5.74) is 5.59. The van der Waals surface area contributed by atoms with Crippen LogP contribution in [-0.4, -0.2) is 19.5 Å². The fraction of sp³-hybridized carbons (Fsp3) is 0.200. The van der Waals surface area contributed by atoms with Crippen LogP contribution in [0.2, 0.25) is 0 Å². The van der Waals surface area contributed by atoms with Crippen LogP contribution in [0, 0.1) is 5.82 Å². The standard InChI is InChI=1S/C15H16FNO2S/c1-18-11-2-4-12(5-3-11)19-8-9-20-13-6-7-15(17)14(16)10-13/h2-7,10H,8-9,17H2,1H3. The van der Waals surface area contributed by atoms with Gasteiger partial charge < -0.3 is 15.2 Å². The molecule has 0 amide bonds. The Morgan fingerprint density at radius 3 is 2.45 bits per heavy atom. The summed E-state index contributed by atoms with van der Waals surface area (Å²) in [5.74, 6) is 1.93. The zero-order chi connectivity index (χ0) is 14.4. The van der Waals surface area contributed by atoms with E-state index in [1.54, 1.807) is 19.2 Å². The Balaban J connectivity index is 1.76. The molecule has 0 heterocycles. The van der Waals surface area contributed by atoms with Crippen molar-refractivity contribution in [2.75, 3.05) is 25.2 Å². The summed E-state index contributed by atoms with van der Waals surface area (Å²) in [6.45, 7) is 0.545. The summed E-state index contributed by atoms with van der Waals surface area (Å²) in [5, 5.41) is 0. The SMILES string of the molecule is COc1ccc(OCCSc2ccc(N)c(F)c2)cc1. The van der Waals surface area contributed by atoms with E-state index in [4.69, 9.17) is 15.2 Å². The Kier molecular flexibility index (Phi) is 5.12. The van der Waals surface area contributed by atoms with Crippen LogP contribution in [0.15, 0.2) is 47.4 Å². The number of anilines is 1. The van der Waals surface area contributed by atoms with Gasteiger partial charge in [0.1, 0.15) is 17.3 Å². The molecule has 0 radical (unpaired) electrons. The molecule has 106 valence electrons. The lowest BCUT2D eigenvalue weighted by atomic mass is 10.3. The maximum absolute atomic E-state index is 13.2. The molecule has 0 saturated heterocycles. The summed E-state index contributed by atoms with van der Waals surface area (Å²) >= 11 is 1.52. The zero-order valence-electron chi connectivity index (χ0n) is 11.1. The zero-order valence-corrected chi connectivity index (χ0v) is 12.0. The maximum Gasteiger partial charge on any atom is 0.147 e. The molecule has 5 heteroatoms. The van der Waals surface area contributed by atoms with Gasteiger partial charge in [0, 0.05) is 10.6 Å². The van der Waals surface area contributed by atoms with Crippen LogP contribution in [0.1, 0.15) is 0 Å². The number of hydrogen-bond donors (Lipinski definition) is 1. The average molecular weight is 293 g/mol. The summed E-state index contributed by atoms with van der Waals surface area (Å²) in [6.07, 6.45) is 0. The van der Waals surface area contributed by atoms with Crippen molar-refractivity contribution in [3.8, 4) is 11.5 Å². The maximum atomic E-state index is 13.2. The van der Waals surface area contributed by atoms with Gasteiger partial charge in [0.2, 0.25) is 0 Å². The predicted octanol–water partition coefficient (Wildman–Crippen LogP) is 3.59. The number of nitrogens with two attached hydrogens (primary N) is 1. The number of hydrogen-bond acceptors (Lipinski definition) is 4. The Bertz CT molecular complexity index is 560. The summed E-state index contributed by atoms with van der Waals surface area (Å²) in [4.78, 5) is 0.843. The predicted molar refractivity (Wildman–Crippen MR) is 80.0 cm³/mol. The van der Waals surface area contributed by atoms with Gasteiger partial charge in [0.05, 0.1) is 19.4 Å². The molecular weight excluding hydrogens is 277 g/mol. The van der Waals surface area contributed by atoms with E-state index in [0.717, 1.165) is 22.1 Å². The molecule has 0 aliphatic heterocycles. The Morgan fingerprint density at radius 1 is 1.10 bits per heavy atom. The molecule has 0 aromatic heterocycles. The van der Waals surface area contributed by atoms with Gasteiger partial charge >= 0.3 is 0 Å². The number of ether oxygens (including phenoxy) is 2. The molecule has 2 N–H and O–H groups in total. The smallest absolute Gasteiger partial charge is 0.147 e. The second-order valence-electron chi connectivity index (χ2n) is 4.06. The van der Waals surface area contributed by atoms with Crippen LogP contribution >= 0.6 is 11.8 Å². The molecule has 0 aliphatic rings. The molecule has 0 saturated carbocycles. The van der Waals surface area contributed by atoms with Gasteiger partial charge in [-0.3, -0.25) is 0 Å². The van der Waals surface area contributed by atoms with E-state index in [0.29, 0.717) is 6.61 Å². The third-order valence-electron chi connectivity index (χ3n) is 2.65. The van der Waals surface area contributed by atoms with Crippen molar-refractivity contribution >= 4 is 17.4 Å². The topological polar surface area (TPSA) is 44.5 Å². The highest BCUT2D eigenvalue weighted by Crippen LogP contribution is 2.22. The molecule has 0 unspecified atom stereocenters. The average Bonchev–Trinajstić information content (AvgIpc) is 2.48. The first-order valence-corrected chi connectivity index (χ1v) is 7.12. The second kappa shape index (κ2) is 7.05. The molecule has 0 bridgehead atoms. The van der Waals surface area contributed by atoms with Gasteiger partial charge in [0.25, 0.3) is 0 Å². The molecule has 20 heavy (non-hydrogen) atoms. The van der Waals surface area contributed by atoms with Crippen molar-refractivity contribution in [2.24, 2.45) is 0 Å². The minimum Gasteiger partial charge on any atom is -0.497 e. The lowest BCUT2D eigenvalue weighted by molar-refractivity contribution is 0.342. The third kappa shape index (κ3) is 4.06. The molecule has 2 aromatic carbocycles. The van der Waals surface area contributed by atoms with E-state index in [9.17, 15) is 4.39 Å². The molecule has 2 aromatic rings. The lowest BCUT2D eigenvalue weighted by Crippen LogP contribution is -2.00. The van der Waals surface area contributed by atoms with Crippen LogP contribution in [0.3, 0.4) is 0 Å². The van der Waals surface area contributed by atoms with Crippen LogP contribution in [0.5, 0.6) is 11.5 Å². The molecular formula is C15H16FNO2S.